The molecule has 2 heterocycles. The fourth-order valence-corrected chi connectivity index (χ4v) is 4.66. The van der Waals surface area contributed by atoms with Gasteiger partial charge in [0.05, 0.1) is 5.69 Å². The Morgan fingerprint density at radius 3 is 2.71 bits per heavy atom. The van der Waals surface area contributed by atoms with Crippen LogP contribution in [0.25, 0.3) is 11.3 Å². The molecule has 182 valence electrons. The van der Waals surface area contributed by atoms with Crippen LogP contribution in [0.15, 0.2) is 48.8 Å². The molecule has 1 N–H and O–H groups in total. The molecule has 0 bridgehead atoms. The number of benzene rings is 1. The SMILES string of the molecule is O=C(OC(=O)C(F)(F)F)c1c2c(nn1CCCN[C@@H]1C[C@H]1c1ccccc1)-c1ccncc1CC2. The maximum absolute atomic E-state index is 12.7. The molecule has 35 heavy (non-hydrogen) atoms. The van der Waals surface area contributed by atoms with Gasteiger partial charge < -0.3 is 10.1 Å². The van der Waals surface area contributed by atoms with Gasteiger partial charge in [0.2, 0.25) is 0 Å². The highest BCUT2D eigenvalue weighted by molar-refractivity contribution is 5.99. The number of rotatable bonds is 7. The summed E-state index contributed by atoms with van der Waals surface area (Å²) in [6.45, 7) is 0.933. The number of nitrogens with one attached hydrogen (secondary N) is 1. The molecule has 1 saturated carbocycles. The van der Waals surface area contributed by atoms with E-state index in [1.807, 2.05) is 18.2 Å². The van der Waals surface area contributed by atoms with Crippen LogP contribution in [0.4, 0.5) is 13.2 Å². The van der Waals surface area contributed by atoms with E-state index < -0.39 is 18.1 Å². The number of alkyl halides is 3. The number of hydrogen-bond donors (Lipinski definition) is 1. The minimum atomic E-state index is -5.26. The lowest BCUT2D eigenvalue weighted by molar-refractivity contribution is -0.193. The van der Waals surface area contributed by atoms with Crippen molar-refractivity contribution in [1.82, 2.24) is 20.1 Å². The number of pyridine rings is 1. The molecule has 0 saturated heterocycles. The molecule has 2 atom stereocenters. The van der Waals surface area contributed by atoms with Gasteiger partial charge in [0.25, 0.3) is 0 Å². The lowest BCUT2D eigenvalue weighted by atomic mass is 9.90. The third-order valence-corrected chi connectivity index (χ3v) is 6.44. The molecule has 2 aliphatic carbocycles. The summed E-state index contributed by atoms with van der Waals surface area (Å²) < 4.78 is 43.7. The fraction of sp³-hybridized carbons (Fsp3) is 0.360. The third kappa shape index (κ3) is 4.84. The lowest BCUT2D eigenvalue weighted by Crippen LogP contribution is -2.29. The van der Waals surface area contributed by atoms with E-state index in [1.54, 1.807) is 18.5 Å². The number of carbonyl (C=O) groups excluding carboxylic acids is 2. The number of halogens is 3. The Bertz CT molecular complexity index is 1260. The Kier molecular flexibility index (Phi) is 6.14. The molecule has 3 aromatic rings. The summed E-state index contributed by atoms with van der Waals surface area (Å²) >= 11 is 0. The highest BCUT2D eigenvalue weighted by Gasteiger charge is 2.43. The van der Waals surface area contributed by atoms with Crippen LogP contribution >= 0.6 is 0 Å². The number of aryl methyl sites for hydroxylation is 2. The highest BCUT2D eigenvalue weighted by atomic mass is 19.4. The molecule has 1 fully saturated rings. The molecule has 0 spiro atoms. The molecule has 0 amide bonds. The van der Waals surface area contributed by atoms with Crippen molar-refractivity contribution in [2.75, 3.05) is 6.54 Å². The first-order valence-electron chi connectivity index (χ1n) is 11.5. The average molecular weight is 484 g/mol. The number of nitrogens with zero attached hydrogens (tertiary/aromatic N) is 3. The quantitative estimate of drug-likeness (QED) is 0.312. The zero-order chi connectivity index (χ0) is 24.6. The van der Waals surface area contributed by atoms with Gasteiger partial charge in [0.15, 0.2) is 5.69 Å². The van der Waals surface area contributed by atoms with Crippen LogP contribution in [0, 0.1) is 0 Å². The van der Waals surface area contributed by atoms with Crippen LogP contribution < -0.4 is 5.32 Å². The first-order valence-corrected chi connectivity index (χ1v) is 11.5. The summed E-state index contributed by atoms with van der Waals surface area (Å²) in [5, 5.41) is 8.03. The van der Waals surface area contributed by atoms with E-state index in [0.29, 0.717) is 49.0 Å². The summed E-state index contributed by atoms with van der Waals surface area (Å²) in [5.74, 6) is -3.40. The summed E-state index contributed by atoms with van der Waals surface area (Å²) in [6, 6.07) is 12.4. The van der Waals surface area contributed by atoms with Gasteiger partial charge in [-0.15, -0.1) is 0 Å². The number of fused-ring (bicyclic) bond motifs is 3. The molecule has 2 aliphatic rings. The molecule has 7 nitrogen and oxygen atoms in total. The average Bonchev–Trinajstić information content (AvgIpc) is 3.52. The van der Waals surface area contributed by atoms with E-state index in [2.05, 4.69) is 32.3 Å². The summed E-state index contributed by atoms with van der Waals surface area (Å²) in [7, 11) is 0. The number of aromatic nitrogens is 3. The van der Waals surface area contributed by atoms with Crippen molar-refractivity contribution in [1.29, 1.82) is 0 Å². The molecule has 1 aromatic carbocycles. The normalized spacial score (nSPS) is 18.5. The Labute approximate surface area is 199 Å². The van der Waals surface area contributed by atoms with E-state index in [-0.39, 0.29) is 12.2 Å². The van der Waals surface area contributed by atoms with Gasteiger partial charge in [-0.05, 0) is 49.4 Å². The zero-order valence-electron chi connectivity index (χ0n) is 18.7. The van der Waals surface area contributed by atoms with Crippen molar-refractivity contribution >= 4 is 11.9 Å². The first kappa shape index (κ1) is 23.2. The summed E-state index contributed by atoms with van der Waals surface area (Å²) in [5.41, 5.74) is 3.91. The van der Waals surface area contributed by atoms with Gasteiger partial charge >= 0.3 is 18.1 Å². The molecular formula is C25H23F3N4O3. The van der Waals surface area contributed by atoms with Crippen LogP contribution in [-0.2, 0) is 28.9 Å². The molecule has 0 unspecified atom stereocenters. The van der Waals surface area contributed by atoms with Crippen LogP contribution in [0.3, 0.4) is 0 Å². The Hall–Kier alpha value is -3.53. The topological polar surface area (TPSA) is 86.1 Å². The minimum absolute atomic E-state index is 0.103. The van der Waals surface area contributed by atoms with E-state index in [1.165, 1.54) is 10.2 Å². The van der Waals surface area contributed by atoms with E-state index in [4.69, 9.17) is 0 Å². The highest BCUT2D eigenvalue weighted by Crippen LogP contribution is 2.40. The van der Waals surface area contributed by atoms with Gasteiger partial charge in [-0.3, -0.25) is 9.67 Å². The van der Waals surface area contributed by atoms with Crippen molar-refractivity contribution in [2.45, 2.75) is 50.4 Å². The third-order valence-electron chi connectivity index (χ3n) is 6.44. The van der Waals surface area contributed by atoms with Gasteiger partial charge in [-0.25, -0.2) is 9.59 Å². The van der Waals surface area contributed by atoms with E-state index in [9.17, 15) is 22.8 Å². The molecular weight excluding hydrogens is 461 g/mol. The van der Waals surface area contributed by atoms with Crippen molar-refractivity contribution in [3.05, 3.63) is 71.2 Å². The minimum Gasteiger partial charge on any atom is -0.381 e. The predicted octanol–water partition coefficient (Wildman–Crippen LogP) is 3.83. The van der Waals surface area contributed by atoms with Crippen molar-refractivity contribution < 1.29 is 27.5 Å². The second kappa shape index (κ2) is 9.26. The lowest BCUT2D eigenvalue weighted by Gasteiger charge is -2.15. The molecule has 2 aromatic heterocycles. The van der Waals surface area contributed by atoms with Gasteiger partial charge in [0.1, 0.15) is 0 Å². The van der Waals surface area contributed by atoms with Crippen LogP contribution in [0.2, 0.25) is 0 Å². The fourth-order valence-electron chi connectivity index (χ4n) is 4.66. The predicted molar refractivity (Wildman–Crippen MR) is 120 cm³/mol. The smallest absolute Gasteiger partial charge is 0.381 e. The summed E-state index contributed by atoms with van der Waals surface area (Å²) in [4.78, 5) is 28.1. The van der Waals surface area contributed by atoms with Gasteiger partial charge in [-0.1, -0.05) is 30.3 Å². The first-order chi connectivity index (χ1) is 16.8. The second-order valence-corrected chi connectivity index (χ2v) is 8.77. The molecule has 0 radical (unpaired) electrons. The number of carbonyl (C=O) groups is 2. The molecule has 10 heteroatoms. The van der Waals surface area contributed by atoms with Crippen LogP contribution in [-0.4, -0.2) is 45.5 Å². The Balaban J connectivity index is 1.31. The maximum atomic E-state index is 12.7. The molecule has 0 aliphatic heterocycles. The number of esters is 2. The Morgan fingerprint density at radius 1 is 1.14 bits per heavy atom. The second-order valence-electron chi connectivity index (χ2n) is 8.77. The Morgan fingerprint density at radius 2 is 1.94 bits per heavy atom. The van der Waals surface area contributed by atoms with Gasteiger partial charge in [-0.2, -0.15) is 18.3 Å². The van der Waals surface area contributed by atoms with Crippen molar-refractivity contribution in [3.8, 4) is 11.3 Å². The number of ether oxygens (including phenoxy) is 1. The van der Waals surface area contributed by atoms with Crippen LogP contribution in [0.5, 0.6) is 0 Å². The standard InChI is InChI=1S/C25H23F3N4O3/c26-25(27,28)24(34)35-23(33)22-18-8-7-16-14-29-11-9-17(16)21(18)31-32(22)12-4-10-30-20-13-19(20)15-5-2-1-3-6-15/h1-3,5-6,9,11,14,19-20,30H,4,7-8,10,12-13H2/t19-,20+/m0/s1. The van der Waals surface area contributed by atoms with E-state index >= 15 is 0 Å². The maximum Gasteiger partial charge on any atom is 0.491 e. The van der Waals surface area contributed by atoms with Crippen molar-refractivity contribution in [3.63, 3.8) is 0 Å². The zero-order valence-corrected chi connectivity index (χ0v) is 18.7. The monoisotopic (exact) mass is 484 g/mol. The van der Waals surface area contributed by atoms with Gasteiger partial charge in [0, 0.05) is 42.0 Å². The van der Waals surface area contributed by atoms with E-state index in [0.717, 1.165) is 17.5 Å². The largest absolute Gasteiger partial charge is 0.491 e. The van der Waals surface area contributed by atoms with Crippen molar-refractivity contribution in [2.24, 2.45) is 0 Å². The molecule has 5 rings (SSSR count). The number of hydrogen-bond acceptors (Lipinski definition) is 6. The van der Waals surface area contributed by atoms with Crippen LogP contribution in [0.1, 0.15) is 45.9 Å². The summed E-state index contributed by atoms with van der Waals surface area (Å²) in [6.07, 6.45) is 0.628.